The summed E-state index contributed by atoms with van der Waals surface area (Å²) in [5.41, 5.74) is -0.165. The summed E-state index contributed by atoms with van der Waals surface area (Å²) in [5.74, 6) is -3.29. The van der Waals surface area contributed by atoms with E-state index in [1.54, 1.807) is 7.11 Å². The van der Waals surface area contributed by atoms with Crippen LogP contribution in [0.25, 0.3) is 0 Å². The lowest BCUT2D eigenvalue weighted by atomic mass is 9.93. The van der Waals surface area contributed by atoms with Gasteiger partial charge in [-0.15, -0.1) is 0 Å². The van der Waals surface area contributed by atoms with Crippen LogP contribution in [0.2, 0.25) is 0 Å². The highest BCUT2D eigenvalue weighted by Gasteiger charge is 2.27. The van der Waals surface area contributed by atoms with E-state index >= 15 is 0 Å². The van der Waals surface area contributed by atoms with Crippen molar-refractivity contribution in [2.45, 2.75) is 19.3 Å². The topological polar surface area (TPSA) is 108 Å². The number of carbonyl (C=O) groups is 2. The van der Waals surface area contributed by atoms with Crippen molar-refractivity contribution in [3.8, 4) is 0 Å². The molecule has 1 unspecified atom stereocenters. The van der Waals surface area contributed by atoms with Gasteiger partial charge in [-0.05, 0) is 25.0 Å². The van der Waals surface area contributed by atoms with Crippen molar-refractivity contribution in [2.75, 3.05) is 59.2 Å². The fourth-order valence-corrected chi connectivity index (χ4v) is 4.50. The predicted octanol–water partition coefficient (Wildman–Crippen LogP) is 1.88. The predicted molar refractivity (Wildman–Crippen MR) is 115 cm³/mol. The molecule has 0 heterocycles. The molecule has 31 heavy (non-hydrogen) atoms. The molecule has 0 aliphatic heterocycles. The summed E-state index contributed by atoms with van der Waals surface area (Å²) in [6.45, 7) is 1.04. The summed E-state index contributed by atoms with van der Waals surface area (Å²) in [5, 5.41) is 2.51. The molecule has 1 N–H and O–H groups in total. The molecule has 0 aromatic heterocycles. The maximum atomic E-state index is 14.5. The first kappa shape index (κ1) is 27.2. The van der Waals surface area contributed by atoms with Gasteiger partial charge in [0, 0.05) is 46.0 Å². The van der Waals surface area contributed by atoms with Crippen LogP contribution in [0.15, 0.2) is 18.2 Å². The molecule has 1 amide bonds. The van der Waals surface area contributed by atoms with Crippen molar-refractivity contribution in [1.29, 1.82) is 0 Å². The highest BCUT2D eigenvalue weighted by molar-refractivity contribution is 7.91. The van der Waals surface area contributed by atoms with Crippen LogP contribution in [0.4, 0.5) is 4.39 Å². The molecule has 0 radical (unpaired) electrons. The molecule has 10 heteroatoms. The van der Waals surface area contributed by atoms with Crippen LogP contribution in [0.1, 0.15) is 40.0 Å². The molecule has 8 nitrogen and oxygen atoms in total. The molecule has 0 saturated heterocycles. The van der Waals surface area contributed by atoms with Gasteiger partial charge in [0.15, 0.2) is 15.6 Å². The Morgan fingerprint density at radius 2 is 1.71 bits per heavy atom. The minimum Gasteiger partial charge on any atom is -0.385 e. The number of amides is 1. The van der Waals surface area contributed by atoms with Crippen LogP contribution in [0, 0.1) is 11.7 Å². The molecular formula is C21H32FNO7S. The van der Waals surface area contributed by atoms with Crippen LogP contribution in [-0.4, -0.2) is 79.3 Å². The first-order valence-electron chi connectivity index (χ1n) is 10.0. The second kappa shape index (κ2) is 14.2. The van der Waals surface area contributed by atoms with Gasteiger partial charge in [0.05, 0.1) is 30.3 Å². The number of benzene rings is 1. The maximum Gasteiger partial charge on any atom is 0.254 e. The van der Waals surface area contributed by atoms with E-state index in [0.29, 0.717) is 25.9 Å². The van der Waals surface area contributed by atoms with Crippen LogP contribution < -0.4 is 5.32 Å². The van der Waals surface area contributed by atoms with E-state index in [9.17, 15) is 22.4 Å². The number of carbonyl (C=O) groups excluding carboxylic acids is 2. The molecule has 176 valence electrons. The van der Waals surface area contributed by atoms with Crippen LogP contribution >= 0.6 is 0 Å². The summed E-state index contributed by atoms with van der Waals surface area (Å²) in [6, 6.07) is 3.56. The van der Waals surface area contributed by atoms with Gasteiger partial charge in [-0.1, -0.05) is 12.5 Å². The first-order valence-corrected chi connectivity index (χ1v) is 11.9. The second-order valence-corrected chi connectivity index (χ2v) is 9.33. The van der Waals surface area contributed by atoms with E-state index in [0.717, 1.165) is 6.07 Å². The summed E-state index contributed by atoms with van der Waals surface area (Å²) in [7, 11) is 0.915. The second-order valence-electron chi connectivity index (χ2n) is 7.10. The fourth-order valence-electron chi connectivity index (χ4n) is 2.98. The number of halogens is 1. The van der Waals surface area contributed by atoms with Crippen molar-refractivity contribution < 1.29 is 36.6 Å². The monoisotopic (exact) mass is 461 g/mol. The third kappa shape index (κ3) is 9.86. The average molecular weight is 462 g/mol. The van der Waals surface area contributed by atoms with Crippen molar-refractivity contribution >= 4 is 21.5 Å². The Hall–Kier alpha value is -1.88. The minimum absolute atomic E-state index is 0.0321. The number of nitrogens with one attached hydrogen (secondary N) is 1. The van der Waals surface area contributed by atoms with E-state index in [-0.39, 0.29) is 42.4 Å². The SMILES string of the molecule is COCCCCC(CS(=O)(=O)CCOC)C(=O)c1ccc(C(=O)NCCOC)c(F)c1. The standard InChI is InChI=1S/C21H32FNO7S/c1-28-10-5-4-6-17(15-31(26,27)13-12-30-3)20(24)16-7-8-18(19(22)14-16)21(25)23-9-11-29-2/h7-8,14,17H,4-6,9-13,15H2,1-3H3,(H,23,25). The van der Waals surface area contributed by atoms with E-state index in [1.165, 1.54) is 26.4 Å². The van der Waals surface area contributed by atoms with Crippen molar-refractivity contribution in [3.63, 3.8) is 0 Å². The summed E-state index contributed by atoms with van der Waals surface area (Å²) >= 11 is 0. The lowest BCUT2D eigenvalue weighted by Crippen LogP contribution is -2.29. The van der Waals surface area contributed by atoms with Crippen LogP contribution in [-0.2, 0) is 24.0 Å². The lowest BCUT2D eigenvalue weighted by Gasteiger charge is -2.17. The number of hydrogen-bond acceptors (Lipinski definition) is 7. The third-order valence-electron chi connectivity index (χ3n) is 4.67. The van der Waals surface area contributed by atoms with Gasteiger partial charge in [0.25, 0.3) is 5.91 Å². The van der Waals surface area contributed by atoms with E-state index in [1.807, 2.05) is 0 Å². The highest BCUT2D eigenvalue weighted by atomic mass is 32.2. The molecule has 1 rings (SSSR count). The molecule has 1 aromatic carbocycles. The quantitative estimate of drug-likeness (QED) is 0.296. The number of ether oxygens (including phenoxy) is 3. The molecule has 0 aliphatic rings. The molecule has 0 saturated carbocycles. The smallest absolute Gasteiger partial charge is 0.254 e. The molecule has 1 aromatic rings. The highest BCUT2D eigenvalue weighted by Crippen LogP contribution is 2.20. The van der Waals surface area contributed by atoms with Crippen molar-refractivity contribution in [1.82, 2.24) is 5.32 Å². The first-order chi connectivity index (χ1) is 14.8. The molecule has 1 atom stereocenters. The molecule has 0 spiro atoms. The summed E-state index contributed by atoms with van der Waals surface area (Å²) < 4.78 is 53.9. The van der Waals surface area contributed by atoms with Gasteiger partial charge in [-0.2, -0.15) is 0 Å². The van der Waals surface area contributed by atoms with E-state index in [2.05, 4.69) is 5.32 Å². The normalized spacial score (nSPS) is 12.5. The van der Waals surface area contributed by atoms with Crippen LogP contribution in [0.5, 0.6) is 0 Å². The zero-order valence-corrected chi connectivity index (χ0v) is 19.1. The number of rotatable bonds is 16. The zero-order chi connectivity index (χ0) is 23.3. The zero-order valence-electron chi connectivity index (χ0n) is 18.3. The minimum atomic E-state index is -3.53. The number of Topliss-reactive ketones (excluding diaryl/α,β-unsaturated/α-hetero) is 1. The van der Waals surface area contributed by atoms with Crippen molar-refractivity contribution in [2.24, 2.45) is 5.92 Å². The molecule has 0 fully saturated rings. The number of ketones is 1. The number of sulfone groups is 1. The lowest BCUT2D eigenvalue weighted by molar-refractivity contribution is 0.0913. The van der Waals surface area contributed by atoms with Gasteiger partial charge >= 0.3 is 0 Å². The molecule has 0 bridgehead atoms. The fraction of sp³-hybridized carbons (Fsp3) is 0.619. The van der Waals surface area contributed by atoms with Gasteiger partial charge in [-0.3, -0.25) is 9.59 Å². The van der Waals surface area contributed by atoms with Gasteiger partial charge in [-0.25, -0.2) is 12.8 Å². The average Bonchev–Trinajstić information content (AvgIpc) is 2.74. The maximum absolute atomic E-state index is 14.5. The Bertz CT molecular complexity index is 814. The number of methoxy groups -OCH3 is 3. The Labute approximate surface area is 183 Å². The summed E-state index contributed by atoms with van der Waals surface area (Å²) in [6.07, 6.45) is 1.59. The Kier molecular flexibility index (Phi) is 12.5. The largest absolute Gasteiger partial charge is 0.385 e. The third-order valence-corrected chi connectivity index (χ3v) is 6.36. The molecule has 0 aliphatic carbocycles. The van der Waals surface area contributed by atoms with E-state index < -0.39 is 33.3 Å². The van der Waals surface area contributed by atoms with E-state index in [4.69, 9.17) is 14.2 Å². The number of hydrogen-bond donors (Lipinski definition) is 1. The van der Waals surface area contributed by atoms with Gasteiger partial charge < -0.3 is 19.5 Å². The molecular weight excluding hydrogens is 429 g/mol. The Morgan fingerprint density at radius 3 is 2.32 bits per heavy atom. The van der Waals surface area contributed by atoms with Crippen molar-refractivity contribution in [3.05, 3.63) is 35.1 Å². The van der Waals surface area contributed by atoms with Gasteiger partial charge in [0.2, 0.25) is 0 Å². The van der Waals surface area contributed by atoms with Gasteiger partial charge in [0.1, 0.15) is 5.82 Å². The van der Waals surface area contributed by atoms with Crippen LogP contribution in [0.3, 0.4) is 0 Å². The summed E-state index contributed by atoms with van der Waals surface area (Å²) in [4.78, 5) is 25.0. The number of unbranched alkanes of at least 4 members (excludes halogenated alkanes) is 1. The Balaban J connectivity index is 2.98. The Morgan fingerprint density at radius 1 is 1.03 bits per heavy atom.